The first-order valence-corrected chi connectivity index (χ1v) is 7.63. The van der Waals surface area contributed by atoms with Crippen LogP contribution >= 0.6 is 0 Å². The van der Waals surface area contributed by atoms with Crippen LogP contribution in [0.4, 0.5) is 10.5 Å². The number of anilines is 1. The number of carboxylic acids is 1. The maximum absolute atomic E-state index is 12.5. The SMILES string of the molecule is Cc1cccc(C(C)C)c1NC(=O)N1CCC(C)(C(=O)O)C1. The van der Waals surface area contributed by atoms with Crippen LogP contribution in [0.25, 0.3) is 0 Å². The Morgan fingerprint density at radius 1 is 1.36 bits per heavy atom. The number of carbonyl (C=O) groups excluding carboxylic acids is 1. The number of carbonyl (C=O) groups is 2. The number of urea groups is 1. The molecule has 1 saturated heterocycles. The molecule has 2 rings (SSSR count). The molecule has 1 heterocycles. The second kappa shape index (κ2) is 5.99. The summed E-state index contributed by atoms with van der Waals surface area (Å²) in [5.41, 5.74) is 2.10. The van der Waals surface area contributed by atoms with Gasteiger partial charge in [-0.25, -0.2) is 4.79 Å². The van der Waals surface area contributed by atoms with Crippen molar-refractivity contribution in [3.63, 3.8) is 0 Å². The van der Waals surface area contributed by atoms with E-state index < -0.39 is 11.4 Å². The van der Waals surface area contributed by atoms with Gasteiger partial charge in [0.05, 0.1) is 5.41 Å². The fraction of sp³-hybridized carbons (Fsp3) is 0.529. The zero-order valence-corrected chi connectivity index (χ0v) is 13.6. The highest BCUT2D eigenvalue weighted by Gasteiger charge is 2.42. The second-order valence-corrected chi connectivity index (χ2v) is 6.66. The van der Waals surface area contributed by atoms with Crippen LogP contribution in [0, 0.1) is 12.3 Å². The molecule has 1 aliphatic heterocycles. The van der Waals surface area contributed by atoms with Crippen LogP contribution in [-0.4, -0.2) is 35.1 Å². The van der Waals surface area contributed by atoms with Gasteiger partial charge in [0, 0.05) is 18.8 Å². The first kappa shape index (κ1) is 16.3. The summed E-state index contributed by atoms with van der Waals surface area (Å²) in [6.45, 7) is 8.54. The number of rotatable bonds is 3. The highest BCUT2D eigenvalue weighted by molar-refractivity contribution is 5.92. The number of nitrogens with one attached hydrogen (secondary N) is 1. The number of hydrogen-bond acceptors (Lipinski definition) is 2. The van der Waals surface area contributed by atoms with E-state index in [1.165, 1.54) is 0 Å². The zero-order chi connectivity index (χ0) is 16.5. The molecule has 0 aliphatic carbocycles. The molecule has 1 aliphatic rings. The van der Waals surface area contributed by atoms with Crippen LogP contribution in [0.3, 0.4) is 0 Å². The van der Waals surface area contributed by atoms with Crippen molar-refractivity contribution < 1.29 is 14.7 Å². The molecule has 1 unspecified atom stereocenters. The van der Waals surface area contributed by atoms with Crippen LogP contribution < -0.4 is 5.32 Å². The zero-order valence-electron chi connectivity index (χ0n) is 13.6. The van der Waals surface area contributed by atoms with Gasteiger partial charge in [0.15, 0.2) is 0 Å². The van der Waals surface area contributed by atoms with Crippen molar-refractivity contribution >= 4 is 17.7 Å². The third-order valence-electron chi connectivity index (χ3n) is 4.44. The van der Waals surface area contributed by atoms with E-state index in [-0.39, 0.29) is 12.6 Å². The number of aryl methyl sites for hydroxylation is 1. The summed E-state index contributed by atoms with van der Waals surface area (Å²) in [5.74, 6) is -0.542. The van der Waals surface area contributed by atoms with Gasteiger partial charge in [-0.1, -0.05) is 32.0 Å². The van der Waals surface area contributed by atoms with Crippen molar-refractivity contribution in [3.05, 3.63) is 29.3 Å². The van der Waals surface area contributed by atoms with Gasteiger partial charge in [0.2, 0.25) is 0 Å². The van der Waals surface area contributed by atoms with Gasteiger partial charge in [0.1, 0.15) is 0 Å². The quantitative estimate of drug-likeness (QED) is 0.898. The number of hydrogen-bond donors (Lipinski definition) is 2. The van der Waals surface area contributed by atoms with Crippen LogP contribution in [0.2, 0.25) is 0 Å². The molecule has 1 atom stereocenters. The highest BCUT2D eigenvalue weighted by Crippen LogP contribution is 2.32. The first-order valence-electron chi connectivity index (χ1n) is 7.63. The number of benzene rings is 1. The maximum Gasteiger partial charge on any atom is 0.321 e. The Labute approximate surface area is 131 Å². The number of amides is 2. The summed E-state index contributed by atoms with van der Waals surface area (Å²) in [4.78, 5) is 25.4. The minimum atomic E-state index is -0.846. The smallest absolute Gasteiger partial charge is 0.321 e. The van der Waals surface area contributed by atoms with Crippen LogP contribution in [0.15, 0.2) is 18.2 Å². The van der Waals surface area contributed by atoms with E-state index in [9.17, 15) is 14.7 Å². The van der Waals surface area contributed by atoms with E-state index >= 15 is 0 Å². The number of carboxylic acid groups (broad SMARTS) is 1. The molecular formula is C17H24N2O3. The van der Waals surface area contributed by atoms with Crippen molar-refractivity contribution in [2.75, 3.05) is 18.4 Å². The van der Waals surface area contributed by atoms with Gasteiger partial charge in [0.25, 0.3) is 0 Å². The molecule has 2 amide bonds. The van der Waals surface area contributed by atoms with E-state index in [0.717, 1.165) is 16.8 Å². The molecule has 22 heavy (non-hydrogen) atoms. The lowest BCUT2D eigenvalue weighted by atomic mass is 9.90. The average Bonchev–Trinajstić information content (AvgIpc) is 2.85. The number of likely N-dealkylation sites (tertiary alicyclic amines) is 1. The largest absolute Gasteiger partial charge is 0.481 e. The van der Waals surface area contributed by atoms with E-state index in [2.05, 4.69) is 19.2 Å². The summed E-state index contributed by atoms with van der Waals surface area (Å²) in [7, 11) is 0. The predicted molar refractivity (Wildman–Crippen MR) is 86.2 cm³/mol. The fourth-order valence-corrected chi connectivity index (χ4v) is 2.84. The molecule has 1 aromatic rings. The first-order chi connectivity index (χ1) is 10.2. The van der Waals surface area contributed by atoms with E-state index in [1.807, 2.05) is 25.1 Å². The van der Waals surface area contributed by atoms with Gasteiger partial charge in [-0.05, 0) is 37.3 Å². The summed E-state index contributed by atoms with van der Waals surface area (Å²) in [6, 6.07) is 5.74. The maximum atomic E-state index is 12.5. The third-order valence-corrected chi connectivity index (χ3v) is 4.44. The number of aliphatic carboxylic acids is 1. The average molecular weight is 304 g/mol. The van der Waals surface area contributed by atoms with Crippen molar-refractivity contribution in [1.29, 1.82) is 0 Å². The Balaban J connectivity index is 2.16. The normalized spacial score (nSPS) is 21.2. The summed E-state index contributed by atoms with van der Waals surface area (Å²) < 4.78 is 0. The van der Waals surface area contributed by atoms with E-state index in [4.69, 9.17) is 0 Å². The molecule has 1 aromatic carbocycles. The van der Waals surface area contributed by atoms with Gasteiger partial charge in [-0.3, -0.25) is 4.79 Å². The lowest BCUT2D eigenvalue weighted by Crippen LogP contribution is -2.37. The van der Waals surface area contributed by atoms with Crippen LogP contribution in [-0.2, 0) is 4.79 Å². The fourth-order valence-electron chi connectivity index (χ4n) is 2.84. The second-order valence-electron chi connectivity index (χ2n) is 6.66. The van der Waals surface area contributed by atoms with Crippen molar-refractivity contribution in [3.8, 4) is 0 Å². The van der Waals surface area contributed by atoms with Gasteiger partial charge in [-0.15, -0.1) is 0 Å². The lowest BCUT2D eigenvalue weighted by molar-refractivity contribution is -0.146. The molecule has 120 valence electrons. The van der Waals surface area contributed by atoms with Crippen molar-refractivity contribution in [1.82, 2.24) is 4.90 Å². The topological polar surface area (TPSA) is 69.6 Å². The van der Waals surface area contributed by atoms with Crippen LogP contribution in [0.5, 0.6) is 0 Å². The Hall–Kier alpha value is -2.04. The Bertz CT molecular complexity index is 598. The molecule has 0 spiro atoms. The molecule has 0 radical (unpaired) electrons. The molecule has 1 fully saturated rings. The highest BCUT2D eigenvalue weighted by atomic mass is 16.4. The molecule has 2 N–H and O–H groups in total. The number of para-hydroxylation sites is 1. The molecule has 0 aromatic heterocycles. The molecule has 0 saturated carbocycles. The third kappa shape index (κ3) is 3.08. The van der Waals surface area contributed by atoms with Crippen LogP contribution in [0.1, 0.15) is 44.2 Å². The Morgan fingerprint density at radius 2 is 2.05 bits per heavy atom. The summed E-state index contributed by atoms with van der Waals surface area (Å²) >= 11 is 0. The minimum Gasteiger partial charge on any atom is -0.481 e. The van der Waals surface area contributed by atoms with E-state index in [1.54, 1.807) is 11.8 Å². The molecule has 0 bridgehead atoms. The van der Waals surface area contributed by atoms with Gasteiger partial charge >= 0.3 is 12.0 Å². The van der Waals surface area contributed by atoms with E-state index in [0.29, 0.717) is 18.9 Å². The van der Waals surface area contributed by atoms with Gasteiger partial charge in [-0.2, -0.15) is 0 Å². The summed E-state index contributed by atoms with van der Waals surface area (Å²) in [5, 5.41) is 12.2. The van der Waals surface area contributed by atoms with Gasteiger partial charge < -0.3 is 15.3 Å². The monoisotopic (exact) mass is 304 g/mol. The number of nitrogens with zero attached hydrogens (tertiary/aromatic N) is 1. The Kier molecular flexibility index (Phi) is 4.44. The molecule has 5 nitrogen and oxygen atoms in total. The standard InChI is InChI=1S/C17H24N2O3/c1-11(2)13-7-5-6-12(3)14(13)18-16(22)19-9-8-17(4,10-19)15(20)21/h5-7,11H,8-10H2,1-4H3,(H,18,22)(H,20,21). The summed E-state index contributed by atoms with van der Waals surface area (Å²) in [6.07, 6.45) is 0.487. The van der Waals surface area contributed by atoms with Crippen molar-refractivity contribution in [2.45, 2.75) is 40.0 Å². The lowest BCUT2D eigenvalue weighted by Gasteiger charge is -2.23. The molecular weight excluding hydrogens is 280 g/mol. The predicted octanol–water partition coefficient (Wildman–Crippen LogP) is 3.45. The van der Waals surface area contributed by atoms with Crippen molar-refractivity contribution in [2.24, 2.45) is 5.41 Å². The molecule has 5 heteroatoms. The minimum absolute atomic E-state index is 0.221. The Morgan fingerprint density at radius 3 is 2.59 bits per heavy atom.